The summed E-state index contributed by atoms with van der Waals surface area (Å²) in [4.78, 5) is 22.3. The number of carbonyl (C=O) groups is 2. The molecule has 0 radical (unpaired) electrons. The molecule has 0 aliphatic carbocycles. The van der Waals surface area contributed by atoms with E-state index in [1.165, 1.54) is 0 Å². The van der Waals surface area contributed by atoms with Gasteiger partial charge < -0.3 is 16.2 Å². The number of carboxylic acids is 1. The van der Waals surface area contributed by atoms with Gasteiger partial charge in [-0.1, -0.05) is 20.8 Å². The third-order valence-electron chi connectivity index (χ3n) is 1.98. The van der Waals surface area contributed by atoms with Gasteiger partial charge in [0.1, 0.15) is 6.04 Å². The van der Waals surface area contributed by atoms with E-state index in [1.807, 2.05) is 0 Å². The highest BCUT2D eigenvalue weighted by atomic mass is 16.4. The van der Waals surface area contributed by atoms with Crippen molar-refractivity contribution >= 4 is 11.9 Å². The molecule has 0 rings (SSSR count). The molecular formula is C10H20N2O3. The Balaban J connectivity index is 4.29. The standard InChI is InChI=1S/C10H20N2O3/c1-10(2,3)9(15)12-7(8(13)14)5-4-6-11/h7H,4-6,11H2,1-3H3,(H,12,15)(H,13,14). The maximum atomic E-state index is 11.5. The molecule has 0 bridgehead atoms. The number of carbonyl (C=O) groups excluding carboxylic acids is 1. The summed E-state index contributed by atoms with van der Waals surface area (Å²) in [6.07, 6.45) is 0.953. The van der Waals surface area contributed by atoms with Crippen molar-refractivity contribution in [2.45, 2.75) is 39.7 Å². The molecule has 4 N–H and O–H groups in total. The highest BCUT2D eigenvalue weighted by Crippen LogP contribution is 2.13. The van der Waals surface area contributed by atoms with Crippen molar-refractivity contribution in [1.29, 1.82) is 0 Å². The number of nitrogens with two attached hydrogens (primary N) is 1. The van der Waals surface area contributed by atoms with Gasteiger partial charge in [-0.25, -0.2) is 4.79 Å². The van der Waals surface area contributed by atoms with Gasteiger partial charge in [-0.3, -0.25) is 4.79 Å². The SMILES string of the molecule is CC(C)(C)C(=O)NC(CCCN)C(=O)O. The number of carboxylic acid groups (broad SMARTS) is 1. The van der Waals surface area contributed by atoms with E-state index in [9.17, 15) is 9.59 Å². The largest absolute Gasteiger partial charge is 0.480 e. The Labute approximate surface area is 90.0 Å². The van der Waals surface area contributed by atoms with Crippen LogP contribution in [-0.2, 0) is 9.59 Å². The summed E-state index contributed by atoms with van der Waals surface area (Å²) in [5.74, 6) is -1.27. The molecule has 5 heteroatoms. The molecule has 88 valence electrons. The highest BCUT2D eigenvalue weighted by molar-refractivity contribution is 5.86. The van der Waals surface area contributed by atoms with Gasteiger partial charge in [0.15, 0.2) is 0 Å². The molecule has 0 aromatic carbocycles. The highest BCUT2D eigenvalue weighted by Gasteiger charge is 2.26. The zero-order chi connectivity index (χ0) is 12.1. The minimum atomic E-state index is -1.01. The Morgan fingerprint density at radius 2 is 1.93 bits per heavy atom. The van der Waals surface area contributed by atoms with E-state index in [4.69, 9.17) is 10.8 Å². The fourth-order valence-corrected chi connectivity index (χ4v) is 0.954. The summed E-state index contributed by atoms with van der Waals surface area (Å²) in [5, 5.41) is 11.4. The second-order valence-corrected chi connectivity index (χ2v) is 4.55. The maximum Gasteiger partial charge on any atom is 0.326 e. The van der Waals surface area contributed by atoms with Crippen molar-refractivity contribution in [3.05, 3.63) is 0 Å². The number of rotatable bonds is 5. The molecule has 0 aliphatic heterocycles. The molecule has 0 heterocycles. The lowest BCUT2D eigenvalue weighted by atomic mass is 9.95. The van der Waals surface area contributed by atoms with Gasteiger partial charge in [-0.15, -0.1) is 0 Å². The number of nitrogens with one attached hydrogen (secondary N) is 1. The van der Waals surface area contributed by atoms with Gasteiger partial charge >= 0.3 is 5.97 Å². The topological polar surface area (TPSA) is 92.4 Å². The molecular weight excluding hydrogens is 196 g/mol. The monoisotopic (exact) mass is 216 g/mol. The number of aliphatic carboxylic acids is 1. The summed E-state index contributed by atoms with van der Waals surface area (Å²) in [5.41, 5.74) is 4.71. The van der Waals surface area contributed by atoms with Crippen LogP contribution in [0.5, 0.6) is 0 Å². The Kier molecular flexibility index (Phi) is 5.28. The van der Waals surface area contributed by atoms with Crippen LogP contribution >= 0.6 is 0 Å². The number of hydrogen-bond donors (Lipinski definition) is 3. The zero-order valence-corrected chi connectivity index (χ0v) is 9.54. The fraction of sp³-hybridized carbons (Fsp3) is 0.800. The first-order valence-electron chi connectivity index (χ1n) is 5.03. The van der Waals surface area contributed by atoms with Gasteiger partial charge in [0, 0.05) is 5.41 Å². The minimum absolute atomic E-state index is 0.257. The minimum Gasteiger partial charge on any atom is -0.480 e. The van der Waals surface area contributed by atoms with Gasteiger partial charge in [0.2, 0.25) is 5.91 Å². The van der Waals surface area contributed by atoms with Crippen molar-refractivity contribution in [3.63, 3.8) is 0 Å². The van der Waals surface area contributed by atoms with Crippen molar-refractivity contribution in [3.8, 4) is 0 Å². The van der Waals surface area contributed by atoms with E-state index < -0.39 is 17.4 Å². The lowest BCUT2D eigenvalue weighted by molar-refractivity contribution is -0.143. The second kappa shape index (κ2) is 5.70. The first-order chi connectivity index (χ1) is 6.79. The summed E-state index contributed by atoms with van der Waals surface area (Å²) >= 11 is 0. The van der Waals surface area contributed by atoms with Gasteiger partial charge in [-0.05, 0) is 19.4 Å². The van der Waals surface area contributed by atoms with E-state index in [0.29, 0.717) is 19.4 Å². The normalized spacial score (nSPS) is 13.3. The average molecular weight is 216 g/mol. The summed E-state index contributed by atoms with van der Waals surface area (Å²) < 4.78 is 0. The van der Waals surface area contributed by atoms with E-state index in [-0.39, 0.29) is 5.91 Å². The van der Waals surface area contributed by atoms with E-state index in [1.54, 1.807) is 20.8 Å². The molecule has 0 saturated carbocycles. The van der Waals surface area contributed by atoms with Crippen LogP contribution in [0.4, 0.5) is 0 Å². The smallest absolute Gasteiger partial charge is 0.326 e. The summed E-state index contributed by atoms with van der Waals surface area (Å²) in [6.45, 7) is 5.65. The van der Waals surface area contributed by atoms with Crippen molar-refractivity contribution < 1.29 is 14.7 Å². The number of hydrogen-bond acceptors (Lipinski definition) is 3. The van der Waals surface area contributed by atoms with Crippen LogP contribution < -0.4 is 11.1 Å². The predicted octanol–water partition coefficient (Wildman–Crippen LogP) is 0.341. The van der Waals surface area contributed by atoms with Crippen LogP contribution in [0.25, 0.3) is 0 Å². The zero-order valence-electron chi connectivity index (χ0n) is 9.54. The Hall–Kier alpha value is -1.10. The van der Waals surface area contributed by atoms with Gasteiger partial charge in [0.25, 0.3) is 0 Å². The first kappa shape index (κ1) is 13.9. The van der Waals surface area contributed by atoms with Crippen LogP contribution in [0, 0.1) is 5.41 Å². The van der Waals surface area contributed by atoms with Gasteiger partial charge in [0.05, 0.1) is 0 Å². The molecule has 5 nitrogen and oxygen atoms in total. The van der Waals surface area contributed by atoms with Crippen molar-refractivity contribution in [2.75, 3.05) is 6.54 Å². The summed E-state index contributed by atoms with van der Waals surface area (Å²) in [6, 6.07) is -0.833. The molecule has 0 aromatic heterocycles. The Bertz CT molecular complexity index is 233. The Morgan fingerprint density at radius 1 is 1.40 bits per heavy atom. The Morgan fingerprint density at radius 3 is 2.27 bits per heavy atom. The molecule has 1 atom stereocenters. The number of amides is 1. The van der Waals surface area contributed by atoms with Crippen LogP contribution in [0.2, 0.25) is 0 Å². The maximum absolute atomic E-state index is 11.5. The quantitative estimate of drug-likeness (QED) is 0.618. The summed E-state index contributed by atoms with van der Waals surface area (Å²) in [7, 11) is 0. The van der Waals surface area contributed by atoms with Gasteiger partial charge in [-0.2, -0.15) is 0 Å². The van der Waals surface area contributed by atoms with Crippen LogP contribution in [0.1, 0.15) is 33.6 Å². The van der Waals surface area contributed by atoms with Crippen molar-refractivity contribution in [1.82, 2.24) is 5.32 Å². The lowest BCUT2D eigenvalue weighted by Gasteiger charge is -2.21. The molecule has 1 amide bonds. The molecule has 0 fully saturated rings. The lowest BCUT2D eigenvalue weighted by Crippen LogP contribution is -2.45. The molecule has 15 heavy (non-hydrogen) atoms. The van der Waals surface area contributed by atoms with Crippen LogP contribution in [0.3, 0.4) is 0 Å². The van der Waals surface area contributed by atoms with E-state index in [2.05, 4.69) is 5.32 Å². The molecule has 0 aliphatic rings. The van der Waals surface area contributed by atoms with Crippen LogP contribution in [-0.4, -0.2) is 29.6 Å². The molecule has 0 aromatic rings. The third kappa shape index (κ3) is 5.37. The third-order valence-corrected chi connectivity index (χ3v) is 1.98. The molecule has 0 spiro atoms. The average Bonchev–Trinajstić information content (AvgIpc) is 2.09. The first-order valence-corrected chi connectivity index (χ1v) is 5.03. The van der Waals surface area contributed by atoms with Crippen molar-refractivity contribution in [2.24, 2.45) is 11.1 Å². The van der Waals surface area contributed by atoms with E-state index >= 15 is 0 Å². The fourth-order valence-electron chi connectivity index (χ4n) is 0.954. The predicted molar refractivity (Wildman–Crippen MR) is 57.3 cm³/mol. The van der Waals surface area contributed by atoms with Crippen LogP contribution in [0.15, 0.2) is 0 Å². The second-order valence-electron chi connectivity index (χ2n) is 4.55. The van der Waals surface area contributed by atoms with E-state index in [0.717, 1.165) is 0 Å². The molecule has 0 saturated heterocycles. The molecule has 1 unspecified atom stereocenters.